The zero-order valence-electron chi connectivity index (χ0n) is 18.6. The smallest absolute Gasteiger partial charge is 0.328 e. The van der Waals surface area contributed by atoms with E-state index in [4.69, 9.17) is 4.74 Å². The fourth-order valence-electron chi connectivity index (χ4n) is 3.02. The number of hydrogen-bond donors (Lipinski definition) is 3. The van der Waals surface area contributed by atoms with Crippen LogP contribution in [0.5, 0.6) is 0 Å². The number of rotatable bonds is 9. The van der Waals surface area contributed by atoms with Gasteiger partial charge in [-0.3, -0.25) is 4.79 Å². The molecule has 3 N–H and O–H groups in total. The summed E-state index contributed by atoms with van der Waals surface area (Å²) >= 11 is 0. The van der Waals surface area contributed by atoms with E-state index in [1.165, 1.54) is 0 Å². The molecule has 168 valence electrons. The van der Waals surface area contributed by atoms with Crippen LogP contribution in [0.4, 0.5) is 5.69 Å². The average molecular weight is 429 g/mol. The number of aliphatic hydroxyl groups is 2. The van der Waals surface area contributed by atoms with E-state index in [0.717, 1.165) is 16.8 Å². The molecular weight excluding hydrogens is 396 g/mol. The molecule has 0 aliphatic rings. The third-order valence-corrected chi connectivity index (χ3v) is 4.56. The monoisotopic (exact) mass is 428 g/mol. The van der Waals surface area contributed by atoms with E-state index in [1.54, 1.807) is 39.8 Å². The average Bonchev–Trinajstić information content (AvgIpc) is 2.72. The van der Waals surface area contributed by atoms with Gasteiger partial charge in [0.1, 0.15) is 11.6 Å². The van der Waals surface area contributed by atoms with E-state index in [9.17, 15) is 19.8 Å². The maximum atomic E-state index is 12.5. The van der Waals surface area contributed by atoms with Crippen molar-refractivity contribution in [1.29, 1.82) is 0 Å². The maximum Gasteiger partial charge on any atom is 0.328 e. The summed E-state index contributed by atoms with van der Waals surface area (Å²) in [4.78, 5) is 26.4. The second-order valence-corrected chi connectivity index (χ2v) is 8.29. The molecule has 7 heteroatoms. The van der Waals surface area contributed by atoms with Crippen LogP contribution in [0.1, 0.15) is 38.1 Å². The maximum absolute atomic E-state index is 12.5. The summed E-state index contributed by atoms with van der Waals surface area (Å²) < 4.78 is 5.29. The van der Waals surface area contributed by atoms with Crippen molar-refractivity contribution in [2.45, 2.75) is 39.3 Å². The van der Waals surface area contributed by atoms with Gasteiger partial charge >= 0.3 is 5.97 Å². The molecule has 1 amide bonds. The molecule has 0 spiro atoms. The fourth-order valence-corrected chi connectivity index (χ4v) is 3.02. The summed E-state index contributed by atoms with van der Waals surface area (Å²) in [5, 5.41) is 21.0. The highest BCUT2D eigenvalue weighted by molar-refractivity contribution is 5.97. The normalized spacial score (nSPS) is 12.2. The van der Waals surface area contributed by atoms with Crippen LogP contribution in [-0.4, -0.2) is 60.0 Å². The van der Waals surface area contributed by atoms with Crippen molar-refractivity contribution >= 4 is 17.6 Å². The second kappa shape index (κ2) is 10.9. The first-order chi connectivity index (χ1) is 14.6. The molecule has 0 radical (unpaired) electrons. The highest BCUT2D eigenvalue weighted by Gasteiger charge is 2.23. The first-order valence-corrected chi connectivity index (χ1v) is 10.4. The number of amides is 1. The van der Waals surface area contributed by atoms with E-state index >= 15 is 0 Å². The Balaban J connectivity index is 2.04. The molecule has 0 fully saturated rings. The Bertz CT molecular complexity index is 851. The first kappa shape index (κ1) is 24.4. The van der Waals surface area contributed by atoms with Gasteiger partial charge in [0, 0.05) is 24.3 Å². The van der Waals surface area contributed by atoms with Gasteiger partial charge in [0.2, 0.25) is 0 Å². The molecule has 0 saturated heterocycles. The largest absolute Gasteiger partial charge is 0.458 e. The quantitative estimate of drug-likeness (QED) is 0.531. The van der Waals surface area contributed by atoms with Crippen LogP contribution in [-0.2, 0) is 9.53 Å². The highest BCUT2D eigenvalue weighted by atomic mass is 16.6. The summed E-state index contributed by atoms with van der Waals surface area (Å²) in [6.45, 7) is 7.86. The Labute approximate surface area is 183 Å². The van der Waals surface area contributed by atoms with Crippen LogP contribution < -0.4 is 10.2 Å². The molecule has 2 aromatic carbocycles. The number of carbonyl (C=O) groups is 2. The summed E-state index contributed by atoms with van der Waals surface area (Å²) in [5.41, 5.74) is 2.68. The molecule has 2 rings (SSSR count). The molecule has 0 bridgehead atoms. The molecule has 0 heterocycles. The molecule has 0 saturated carbocycles. The summed E-state index contributed by atoms with van der Waals surface area (Å²) in [6, 6.07) is 14.2. The van der Waals surface area contributed by atoms with Gasteiger partial charge in [-0.15, -0.1) is 0 Å². The number of ether oxygens (including phenoxy) is 1. The fraction of sp³-hybridized carbons (Fsp3) is 0.417. The predicted molar refractivity (Wildman–Crippen MR) is 121 cm³/mol. The number of hydrogen-bond acceptors (Lipinski definition) is 6. The minimum atomic E-state index is -0.750. The lowest BCUT2D eigenvalue weighted by Gasteiger charge is -2.23. The summed E-state index contributed by atoms with van der Waals surface area (Å²) in [5.74, 6) is -0.821. The number of carbonyl (C=O) groups excluding carboxylic acids is 2. The molecule has 0 aromatic heterocycles. The minimum Gasteiger partial charge on any atom is -0.458 e. The lowest BCUT2D eigenvalue weighted by Crippen LogP contribution is -2.42. The number of benzene rings is 2. The van der Waals surface area contributed by atoms with E-state index in [-0.39, 0.29) is 19.1 Å². The highest BCUT2D eigenvalue weighted by Crippen LogP contribution is 2.23. The molecule has 2 aromatic rings. The number of nitrogens with one attached hydrogen (secondary N) is 1. The molecule has 0 unspecified atom stereocenters. The van der Waals surface area contributed by atoms with Crippen molar-refractivity contribution in [2.24, 2.45) is 0 Å². The third kappa shape index (κ3) is 7.38. The molecule has 7 nitrogen and oxygen atoms in total. The SMILES string of the molecule is C[C@H](NC(=O)c1ccc(-c2ccc(N(CCO)CCO)cc2)cc1)C(=O)OC(C)(C)C. The first-order valence-electron chi connectivity index (χ1n) is 10.4. The van der Waals surface area contributed by atoms with E-state index in [2.05, 4.69) is 5.32 Å². The van der Waals surface area contributed by atoms with E-state index in [0.29, 0.717) is 18.7 Å². The third-order valence-electron chi connectivity index (χ3n) is 4.56. The predicted octanol–water partition coefficient (Wildman–Crippen LogP) is 2.60. The zero-order chi connectivity index (χ0) is 23.0. The second-order valence-electron chi connectivity index (χ2n) is 8.29. The molecule has 0 aliphatic heterocycles. The Kier molecular flexibility index (Phi) is 8.59. The van der Waals surface area contributed by atoms with Crippen LogP contribution in [0.25, 0.3) is 11.1 Å². The van der Waals surface area contributed by atoms with Gasteiger partial charge in [0.25, 0.3) is 5.91 Å². The standard InChI is InChI=1S/C24H32N2O5/c1-17(23(30)31-24(2,3)4)25-22(29)20-7-5-18(6-8-20)19-9-11-21(12-10-19)26(13-15-27)14-16-28/h5-12,17,27-28H,13-16H2,1-4H3,(H,25,29)/t17-/m0/s1. The Morgan fingerprint density at radius 2 is 1.42 bits per heavy atom. The van der Waals surface area contributed by atoms with Gasteiger partial charge in [-0.2, -0.15) is 0 Å². The number of esters is 1. The van der Waals surface area contributed by atoms with Crippen LogP contribution in [0, 0.1) is 0 Å². The van der Waals surface area contributed by atoms with E-state index in [1.807, 2.05) is 41.3 Å². The number of nitrogens with zero attached hydrogens (tertiary/aromatic N) is 1. The zero-order valence-corrected chi connectivity index (χ0v) is 18.6. The lowest BCUT2D eigenvalue weighted by atomic mass is 10.0. The van der Waals surface area contributed by atoms with Gasteiger partial charge in [-0.25, -0.2) is 4.79 Å². The van der Waals surface area contributed by atoms with Crippen molar-refractivity contribution in [3.8, 4) is 11.1 Å². The van der Waals surface area contributed by atoms with Crippen LogP contribution >= 0.6 is 0 Å². The van der Waals surface area contributed by atoms with Crippen molar-refractivity contribution in [1.82, 2.24) is 5.32 Å². The van der Waals surface area contributed by atoms with Gasteiger partial charge in [0.05, 0.1) is 13.2 Å². The Morgan fingerprint density at radius 3 is 1.87 bits per heavy atom. The van der Waals surface area contributed by atoms with Gasteiger partial charge in [-0.05, 0) is 63.1 Å². The van der Waals surface area contributed by atoms with Crippen LogP contribution in [0.3, 0.4) is 0 Å². The van der Waals surface area contributed by atoms with Gasteiger partial charge < -0.3 is 25.2 Å². The molecule has 0 aliphatic carbocycles. The minimum absolute atomic E-state index is 0.0117. The lowest BCUT2D eigenvalue weighted by molar-refractivity contribution is -0.156. The number of aliphatic hydroxyl groups excluding tert-OH is 2. The van der Waals surface area contributed by atoms with Gasteiger partial charge in [0.15, 0.2) is 0 Å². The van der Waals surface area contributed by atoms with Crippen LogP contribution in [0.2, 0.25) is 0 Å². The Hall–Kier alpha value is -2.90. The van der Waals surface area contributed by atoms with Crippen LogP contribution in [0.15, 0.2) is 48.5 Å². The van der Waals surface area contributed by atoms with Crippen molar-refractivity contribution in [2.75, 3.05) is 31.2 Å². The summed E-state index contributed by atoms with van der Waals surface area (Å²) in [6.07, 6.45) is 0. The Morgan fingerprint density at radius 1 is 0.935 bits per heavy atom. The van der Waals surface area contributed by atoms with Crippen molar-refractivity contribution < 1.29 is 24.5 Å². The van der Waals surface area contributed by atoms with Crippen molar-refractivity contribution in [3.63, 3.8) is 0 Å². The van der Waals surface area contributed by atoms with Crippen molar-refractivity contribution in [3.05, 3.63) is 54.1 Å². The van der Waals surface area contributed by atoms with E-state index < -0.39 is 17.6 Å². The molecule has 1 atom stereocenters. The number of anilines is 1. The summed E-state index contributed by atoms with van der Waals surface area (Å²) in [7, 11) is 0. The molecular formula is C24H32N2O5. The molecule has 31 heavy (non-hydrogen) atoms. The van der Waals surface area contributed by atoms with Gasteiger partial charge in [-0.1, -0.05) is 24.3 Å². The topological polar surface area (TPSA) is 99.1 Å².